The summed E-state index contributed by atoms with van der Waals surface area (Å²) >= 11 is 0. The minimum absolute atomic E-state index is 0.0464. The lowest BCUT2D eigenvalue weighted by Crippen LogP contribution is -2.56. The number of amides is 1. The number of rotatable bonds is 7. The number of alkyl halides is 1. The molecule has 12 heteroatoms. The SMILES string of the molecule is [C-]#[N+]C[C@H]1CN(c2nc(OC[C@@]34CCCN3C[C@H](F)C4)nc3cc(-c4cncc5c4CCCC5)c(F)cc23)CCN1C(=O)C(=C)F. The quantitative estimate of drug-likeness (QED) is 0.266. The number of carbonyl (C=O) groups excluding carboxylic acids is 1. The van der Waals surface area contributed by atoms with Gasteiger partial charge in [-0.3, -0.25) is 14.7 Å². The van der Waals surface area contributed by atoms with Crippen molar-refractivity contribution in [2.24, 2.45) is 0 Å². The number of hydrogen-bond acceptors (Lipinski definition) is 7. The molecule has 3 atom stereocenters. The van der Waals surface area contributed by atoms with E-state index in [1.54, 1.807) is 12.3 Å². The number of carbonyl (C=O) groups is 1. The number of aryl methyl sites for hydroxylation is 1. The van der Waals surface area contributed by atoms with Crippen LogP contribution in [0.15, 0.2) is 36.9 Å². The van der Waals surface area contributed by atoms with Crippen LogP contribution in [0, 0.1) is 12.4 Å². The summed E-state index contributed by atoms with van der Waals surface area (Å²) < 4.78 is 50.7. The number of benzene rings is 1. The van der Waals surface area contributed by atoms with E-state index in [0.717, 1.165) is 61.8 Å². The van der Waals surface area contributed by atoms with Crippen LogP contribution in [0.1, 0.15) is 43.2 Å². The normalized spacial score (nSPS) is 24.5. The van der Waals surface area contributed by atoms with Gasteiger partial charge in [-0.25, -0.2) is 19.7 Å². The van der Waals surface area contributed by atoms with Gasteiger partial charge in [0.25, 0.3) is 5.91 Å². The molecule has 0 N–H and O–H groups in total. The Morgan fingerprint density at radius 2 is 1.96 bits per heavy atom. The molecular weight excluding hydrogens is 595 g/mol. The first-order valence-electron chi connectivity index (χ1n) is 16.0. The zero-order valence-corrected chi connectivity index (χ0v) is 25.7. The molecule has 2 aromatic heterocycles. The predicted molar refractivity (Wildman–Crippen MR) is 167 cm³/mol. The number of piperazine rings is 1. The third-order valence-corrected chi connectivity index (χ3v) is 10.1. The van der Waals surface area contributed by atoms with E-state index in [9.17, 15) is 13.6 Å². The van der Waals surface area contributed by atoms with Crippen molar-refractivity contribution in [1.29, 1.82) is 0 Å². The van der Waals surface area contributed by atoms with E-state index < -0.39 is 35.3 Å². The van der Waals surface area contributed by atoms with E-state index >= 15 is 4.39 Å². The fourth-order valence-electron chi connectivity index (χ4n) is 7.89. The zero-order valence-electron chi connectivity index (χ0n) is 25.7. The second kappa shape index (κ2) is 12.2. The van der Waals surface area contributed by atoms with Crippen LogP contribution in [0.2, 0.25) is 0 Å². The molecule has 3 aromatic rings. The van der Waals surface area contributed by atoms with Gasteiger partial charge in [0.1, 0.15) is 30.5 Å². The lowest BCUT2D eigenvalue weighted by atomic mass is 9.87. The first-order valence-corrected chi connectivity index (χ1v) is 16.0. The van der Waals surface area contributed by atoms with Crippen LogP contribution >= 0.6 is 0 Å². The Kier molecular flexibility index (Phi) is 8.05. The molecule has 5 heterocycles. The number of anilines is 1. The van der Waals surface area contributed by atoms with E-state index in [4.69, 9.17) is 21.3 Å². The summed E-state index contributed by atoms with van der Waals surface area (Å²) in [7, 11) is 0. The fraction of sp³-hybridized carbons (Fsp3) is 0.500. The lowest BCUT2D eigenvalue weighted by Gasteiger charge is -2.39. The standard InChI is InChI=1S/C34H36F3N7O2/c1-21(35)32(45)44-11-10-42(19-24(44)16-38-2)31-27-12-29(37)26(28-17-39-15-22-6-3-4-7-25(22)28)13-30(27)40-33(41-31)46-20-34-8-5-9-43(34)18-23(36)14-34/h12-13,15,17,23-24H,1,3-11,14,16,18-20H2/t23-,24+,34+/m1/s1. The van der Waals surface area contributed by atoms with Gasteiger partial charge in [-0.2, -0.15) is 9.97 Å². The number of halogens is 3. The predicted octanol–water partition coefficient (Wildman–Crippen LogP) is 5.08. The number of pyridine rings is 1. The molecule has 240 valence electrons. The van der Waals surface area contributed by atoms with Gasteiger partial charge < -0.3 is 19.4 Å². The van der Waals surface area contributed by atoms with E-state index in [1.807, 2.05) is 11.1 Å². The van der Waals surface area contributed by atoms with Crippen molar-refractivity contribution in [3.05, 3.63) is 65.3 Å². The van der Waals surface area contributed by atoms with Crippen molar-refractivity contribution < 1.29 is 22.7 Å². The highest BCUT2D eigenvalue weighted by molar-refractivity contribution is 5.94. The van der Waals surface area contributed by atoms with Crippen molar-refractivity contribution >= 4 is 22.6 Å². The molecule has 9 nitrogen and oxygen atoms in total. The molecule has 4 aliphatic rings. The number of nitrogens with zero attached hydrogens (tertiary/aromatic N) is 7. The number of hydrogen-bond donors (Lipinski definition) is 0. The maximum Gasteiger partial charge on any atom is 0.319 e. The summed E-state index contributed by atoms with van der Waals surface area (Å²) in [6.07, 6.45) is 8.69. The van der Waals surface area contributed by atoms with E-state index in [0.29, 0.717) is 35.2 Å². The minimum Gasteiger partial charge on any atom is -0.461 e. The number of aromatic nitrogens is 3. The Balaban J connectivity index is 1.29. The van der Waals surface area contributed by atoms with Crippen LogP contribution < -0.4 is 9.64 Å². The highest BCUT2D eigenvalue weighted by Gasteiger charge is 2.49. The average molecular weight is 632 g/mol. The summed E-state index contributed by atoms with van der Waals surface area (Å²) in [6.45, 7) is 12.5. The van der Waals surface area contributed by atoms with Gasteiger partial charge in [0.15, 0.2) is 5.83 Å². The minimum atomic E-state index is -1.08. The molecule has 3 saturated heterocycles. The third kappa shape index (κ3) is 5.44. The Hall–Kier alpha value is -4.24. The van der Waals surface area contributed by atoms with Gasteiger partial charge in [-0.15, -0.1) is 0 Å². The summed E-state index contributed by atoms with van der Waals surface area (Å²) in [5.41, 5.74) is 3.43. The molecule has 46 heavy (non-hydrogen) atoms. The van der Waals surface area contributed by atoms with Gasteiger partial charge in [0.05, 0.1) is 11.1 Å². The first kappa shape index (κ1) is 30.4. The van der Waals surface area contributed by atoms with Crippen LogP contribution in [0.3, 0.4) is 0 Å². The van der Waals surface area contributed by atoms with Gasteiger partial charge in [0.2, 0.25) is 6.54 Å². The van der Waals surface area contributed by atoms with Crippen LogP contribution in [0.5, 0.6) is 6.01 Å². The van der Waals surface area contributed by atoms with E-state index in [2.05, 4.69) is 21.3 Å². The molecule has 0 unspecified atom stereocenters. The molecule has 0 saturated carbocycles. The Morgan fingerprint density at radius 3 is 2.78 bits per heavy atom. The van der Waals surface area contributed by atoms with Crippen molar-refractivity contribution in [2.75, 3.05) is 50.8 Å². The summed E-state index contributed by atoms with van der Waals surface area (Å²) in [5, 5.41) is 0.452. The molecule has 1 aliphatic carbocycles. The van der Waals surface area contributed by atoms with Crippen molar-refractivity contribution in [3.8, 4) is 17.1 Å². The monoisotopic (exact) mass is 631 g/mol. The van der Waals surface area contributed by atoms with Crippen LogP contribution in [0.25, 0.3) is 26.9 Å². The largest absolute Gasteiger partial charge is 0.461 e. The topological polar surface area (TPSA) is 79.1 Å². The summed E-state index contributed by atoms with van der Waals surface area (Å²) in [5.74, 6) is -1.96. The van der Waals surface area contributed by atoms with E-state index in [1.165, 1.54) is 11.0 Å². The average Bonchev–Trinajstić information content (AvgIpc) is 3.58. The molecule has 1 amide bonds. The van der Waals surface area contributed by atoms with Crippen molar-refractivity contribution in [2.45, 2.75) is 62.7 Å². The van der Waals surface area contributed by atoms with Crippen LogP contribution in [-0.4, -0.2) is 94.3 Å². The molecule has 3 aliphatic heterocycles. The summed E-state index contributed by atoms with van der Waals surface area (Å²) in [4.78, 5) is 35.3. The van der Waals surface area contributed by atoms with Crippen molar-refractivity contribution in [3.63, 3.8) is 0 Å². The van der Waals surface area contributed by atoms with Crippen LogP contribution in [-0.2, 0) is 17.6 Å². The molecule has 1 aromatic carbocycles. The fourth-order valence-corrected chi connectivity index (χ4v) is 7.89. The summed E-state index contributed by atoms with van der Waals surface area (Å²) in [6, 6.07) is 2.61. The maximum atomic E-state index is 16.1. The third-order valence-electron chi connectivity index (χ3n) is 10.1. The van der Waals surface area contributed by atoms with Gasteiger partial charge >= 0.3 is 6.01 Å². The molecular formula is C34H36F3N7O2. The molecule has 7 rings (SSSR count). The molecule has 0 spiro atoms. The number of fused-ring (bicyclic) bond motifs is 3. The molecule has 0 radical (unpaired) electrons. The van der Waals surface area contributed by atoms with E-state index in [-0.39, 0.29) is 38.8 Å². The van der Waals surface area contributed by atoms with Gasteiger partial charge in [-0.1, -0.05) is 6.58 Å². The highest BCUT2D eigenvalue weighted by atomic mass is 19.1. The van der Waals surface area contributed by atoms with Gasteiger partial charge in [-0.05, 0) is 68.3 Å². The van der Waals surface area contributed by atoms with Crippen molar-refractivity contribution in [1.82, 2.24) is 24.8 Å². The molecule has 3 fully saturated rings. The highest BCUT2D eigenvalue weighted by Crippen LogP contribution is 2.41. The maximum absolute atomic E-state index is 16.1. The Labute approximate surface area is 265 Å². The Morgan fingerprint density at radius 1 is 1.11 bits per heavy atom. The lowest BCUT2D eigenvalue weighted by molar-refractivity contribution is -0.131. The Bertz CT molecular complexity index is 1750. The smallest absolute Gasteiger partial charge is 0.319 e. The first-order chi connectivity index (χ1) is 22.3. The zero-order chi connectivity index (χ0) is 32.0. The van der Waals surface area contributed by atoms with Gasteiger partial charge in [0, 0.05) is 61.5 Å². The second-order valence-corrected chi connectivity index (χ2v) is 12.9. The van der Waals surface area contributed by atoms with Crippen LogP contribution in [0.4, 0.5) is 19.0 Å². The molecule has 0 bridgehead atoms. The second-order valence-electron chi connectivity index (χ2n) is 12.9. The number of ether oxygens (including phenoxy) is 1.